The van der Waals surface area contributed by atoms with E-state index in [4.69, 9.17) is 4.74 Å². The van der Waals surface area contributed by atoms with E-state index in [0.29, 0.717) is 38.5 Å². The van der Waals surface area contributed by atoms with Crippen LogP contribution in [0.4, 0.5) is 24.5 Å². The van der Waals surface area contributed by atoms with Crippen LogP contribution in [0.25, 0.3) is 0 Å². The summed E-state index contributed by atoms with van der Waals surface area (Å²) in [5, 5.41) is 11.5. The maximum Gasteiger partial charge on any atom is 0.416 e. The Kier molecular flexibility index (Phi) is 7.37. The highest BCUT2D eigenvalue weighted by molar-refractivity contribution is 7.99. The summed E-state index contributed by atoms with van der Waals surface area (Å²) < 4.78 is 44.8. The number of hydrogen-bond donors (Lipinski definition) is 0. The number of hydrogen-bond acceptors (Lipinski definition) is 6. The van der Waals surface area contributed by atoms with Crippen LogP contribution in [0.5, 0.6) is 0 Å². The Bertz CT molecular complexity index is 865. The van der Waals surface area contributed by atoms with Crippen LogP contribution < -0.4 is 4.90 Å². The fourth-order valence-electron chi connectivity index (χ4n) is 4.91. The number of amides is 1. The first kappa shape index (κ1) is 24.1. The van der Waals surface area contributed by atoms with E-state index in [1.165, 1.54) is 6.07 Å². The summed E-state index contributed by atoms with van der Waals surface area (Å²) >= 11 is 1.85. The Morgan fingerprint density at radius 1 is 1.24 bits per heavy atom. The summed E-state index contributed by atoms with van der Waals surface area (Å²) in [5.74, 6) is 1.88. The molecule has 4 rings (SSSR count). The molecule has 33 heavy (non-hydrogen) atoms. The van der Waals surface area contributed by atoms with Crippen LogP contribution in [0.1, 0.15) is 37.7 Å². The van der Waals surface area contributed by atoms with Crippen LogP contribution in [0.3, 0.4) is 0 Å². The highest BCUT2D eigenvalue weighted by Crippen LogP contribution is 2.38. The van der Waals surface area contributed by atoms with Crippen molar-refractivity contribution in [3.63, 3.8) is 0 Å². The summed E-state index contributed by atoms with van der Waals surface area (Å²) in [6.45, 7) is 2.11. The van der Waals surface area contributed by atoms with Crippen molar-refractivity contribution in [1.29, 1.82) is 0 Å². The second-order valence-corrected chi connectivity index (χ2v) is 10.0. The SMILES string of the molecule is O=C(C1CCN(c2ccc(C(F)(F)F)cc2[N+](=O)[O-])CC1)N(CC1CCCO1)C1CCSC1. The number of nitro benzene ring substituents is 1. The molecule has 1 aromatic rings. The van der Waals surface area contributed by atoms with Crippen molar-refractivity contribution in [2.24, 2.45) is 5.92 Å². The normalized spacial score (nSPS) is 24.3. The molecule has 1 amide bonds. The molecule has 3 aliphatic rings. The van der Waals surface area contributed by atoms with Crippen molar-refractivity contribution in [2.45, 2.75) is 50.4 Å². The predicted octanol–water partition coefficient (Wildman–Crippen LogP) is 4.34. The van der Waals surface area contributed by atoms with Crippen LogP contribution in [-0.2, 0) is 15.7 Å². The first-order chi connectivity index (χ1) is 15.7. The molecule has 7 nitrogen and oxygen atoms in total. The van der Waals surface area contributed by atoms with Crippen LogP contribution in [0, 0.1) is 16.0 Å². The van der Waals surface area contributed by atoms with Crippen LogP contribution in [-0.4, -0.2) is 65.6 Å². The van der Waals surface area contributed by atoms with Crippen molar-refractivity contribution < 1.29 is 27.6 Å². The smallest absolute Gasteiger partial charge is 0.376 e. The predicted molar refractivity (Wildman–Crippen MR) is 119 cm³/mol. The lowest BCUT2D eigenvalue weighted by Crippen LogP contribution is -2.49. The molecule has 3 saturated heterocycles. The highest BCUT2D eigenvalue weighted by atomic mass is 32.2. The molecule has 0 spiro atoms. The summed E-state index contributed by atoms with van der Waals surface area (Å²) in [6, 6.07) is 2.84. The first-order valence-electron chi connectivity index (χ1n) is 11.3. The third-order valence-corrected chi connectivity index (χ3v) is 7.88. The van der Waals surface area contributed by atoms with Gasteiger partial charge >= 0.3 is 6.18 Å². The van der Waals surface area contributed by atoms with Gasteiger partial charge < -0.3 is 14.5 Å². The third kappa shape index (κ3) is 5.56. The minimum atomic E-state index is -4.65. The molecule has 0 aliphatic carbocycles. The summed E-state index contributed by atoms with van der Waals surface area (Å²) in [4.78, 5) is 27.9. The van der Waals surface area contributed by atoms with E-state index in [1.54, 1.807) is 4.90 Å². The van der Waals surface area contributed by atoms with Gasteiger partial charge in [-0.15, -0.1) is 0 Å². The van der Waals surface area contributed by atoms with Gasteiger partial charge in [-0.1, -0.05) is 0 Å². The molecule has 182 valence electrons. The minimum Gasteiger partial charge on any atom is -0.376 e. The number of alkyl halides is 3. The molecule has 3 fully saturated rings. The molecule has 2 atom stereocenters. The second-order valence-electron chi connectivity index (χ2n) is 8.86. The van der Waals surface area contributed by atoms with E-state index in [-0.39, 0.29) is 29.7 Å². The molecule has 3 aliphatic heterocycles. The molecule has 1 aromatic carbocycles. The van der Waals surface area contributed by atoms with Crippen LogP contribution in [0.2, 0.25) is 0 Å². The quantitative estimate of drug-likeness (QED) is 0.439. The number of piperidine rings is 1. The lowest BCUT2D eigenvalue weighted by molar-refractivity contribution is -0.384. The number of nitrogens with zero attached hydrogens (tertiary/aromatic N) is 3. The molecular formula is C22H28F3N3O4S. The van der Waals surface area contributed by atoms with Gasteiger partial charge in [-0.3, -0.25) is 14.9 Å². The largest absolute Gasteiger partial charge is 0.416 e. The van der Waals surface area contributed by atoms with E-state index in [0.717, 1.165) is 43.4 Å². The highest BCUT2D eigenvalue weighted by Gasteiger charge is 2.37. The lowest BCUT2D eigenvalue weighted by atomic mass is 9.93. The Hall–Kier alpha value is -2.01. The van der Waals surface area contributed by atoms with Gasteiger partial charge in [0.05, 0.1) is 16.6 Å². The average Bonchev–Trinajstić information content (AvgIpc) is 3.50. The molecule has 0 N–H and O–H groups in total. The fourth-order valence-corrected chi connectivity index (χ4v) is 6.13. The Morgan fingerprint density at radius 2 is 2.00 bits per heavy atom. The third-order valence-electron chi connectivity index (χ3n) is 6.74. The van der Waals surface area contributed by atoms with Gasteiger partial charge in [0.2, 0.25) is 5.91 Å². The molecular weight excluding hydrogens is 459 g/mol. The van der Waals surface area contributed by atoms with E-state index < -0.39 is 22.4 Å². The Balaban J connectivity index is 1.44. The first-order valence-corrected chi connectivity index (χ1v) is 12.5. The van der Waals surface area contributed by atoms with Gasteiger partial charge in [0.15, 0.2) is 0 Å². The van der Waals surface area contributed by atoms with Crippen molar-refractivity contribution in [3.05, 3.63) is 33.9 Å². The summed E-state index contributed by atoms with van der Waals surface area (Å²) in [7, 11) is 0. The van der Waals surface area contributed by atoms with Crippen LogP contribution in [0.15, 0.2) is 18.2 Å². The number of carbonyl (C=O) groups is 1. The van der Waals surface area contributed by atoms with Gasteiger partial charge in [0, 0.05) is 50.0 Å². The fraction of sp³-hybridized carbons (Fsp3) is 0.682. The van der Waals surface area contributed by atoms with Crippen molar-refractivity contribution >= 4 is 29.0 Å². The zero-order chi connectivity index (χ0) is 23.6. The van der Waals surface area contributed by atoms with Gasteiger partial charge in [-0.25, -0.2) is 0 Å². The van der Waals surface area contributed by atoms with Gasteiger partial charge in [-0.2, -0.15) is 24.9 Å². The van der Waals surface area contributed by atoms with E-state index in [9.17, 15) is 28.1 Å². The maximum absolute atomic E-state index is 13.5. The lowest BCUT2D eigenvalue weighted by Gasteiger charge is -2.38. The van der Waals surface area contributed by atoms with E-state index in [1.807, 2.05) is 16.7 Å². The van der Waals surface area contributed by atoms with Crippen molar-refractivity contribution in [2.75, 3.05) is 42.6 Å². The number of anilines is 1. The zero-order valence-corrected chi connectivity index (χ0v) is 19.1. The van der Waals surface area contributed by atoms with Gasteiger partial charge in [-0.05, 0) is 50.0 Å². The van der Waals surface area contributed by atoms with Gasteiger partial charge in [0.1, 0.15) is 5.69 Å². The van der Waals surface area contributed by atoms with Crippen LogP contribution >= 0.6 is 11.8 Å². The van der Waals surface area contributed by atoms with Gasteiger partial charge in [0.25, 0.3) is 5.69 Å². The summed E-state index contributed by atoms with van der Waals surface area (Å²) in [5.41, 5.74) is -1.43. The molecule has 2 unspecified atom stereocenters. The number of halogens is 3. The monoisotopic (exact) mass is 487 g/mol. The van der Waals surface area contributed by atoms with Crippen molar-refractivity contribution in [3.8, 4) is 0 Å². The molecule has 3 heterocycles. The molecule has 0 aromatic heterocycles. The molecule has 0 saturated carbocycles. The number of benzene rings is 1. The zero-order valence-electron chi connectivity index (χ0n) is 18.3. The minimum absolute atomic E-state index is 0.0782. The number of nitro groups is 1. The van der Waals surface area contributed by atoms with E-state index in [2.05, 4.69) is 0 Å². The molecule has 0 bridgehead atoms. The Morgan fingerprint density at radius 3 is 2.58 bits per heavy atom. The molecule has 11 heteroatoms. The number of thioether (sulfide) groups is 1. The van der Waals surface area contributed by atoms with Crippen molar-refractivity contribution in [1.82, 2.24) is 4.90 Å². The molecule has 0 radical (unpaired) electrons. The standard InChI is InChI=1S/C22H28F3N3O4S/c23-22(24,25)16-3-4-19(20(12-16)28(30)31)26-8-5-15(6-9-26)21(29)27(17-7-11-33-14-17)13-18-2-1-10-32-18/h3-4,12,15,17-18H,1-2,5-11,13-14H2. The topological polar surface area (TPSA) is 75.9 Å². The summed E-state index contributed by atoms with van der Waals surface area (Å²) in [6.07, 6.45) is -0.601. The number of ether oxygens (including phenoxy) is 1. The number of rotatable bonds is 6. The second kappa shape index (κ2) is 10.1. The Labute approximate surface area is 194 Å². The van der Waals surface area contributed by atoms with E-state index >= 15 is 0 Å². The number of carbonyl (C=O) groups excluding carboxylic acids is 1. The average molecular weight is 488 g/mol. The maximum atomic E-state index is 13.5.